The number of anilines is 1. The monoisotopic (exact) mass is 486 g/mol. The first-order valence-corrected chi connectivity index (χ1v) is 11.8. The van der Waals surface area contributed by atoms with Crippen molar-refractivity contribution < 1.29 is 9.90 Å². The lowest BCUT2D eigenvalue weighted by Gasteiger charge is -2.19. The maximum Gasteiger partial charge on any atom is 0.255 e. The SMILES string of the molecule is CN(Cc1ccccc1)c1ncc(C(=O)NCCC(O)c2ccc(Cl)cc2)c(-c2ccccc2)n1. The van der Waals surface area contributed by atoms with Crippen molar-refractivity contribution in [2.75, 3.05) is 18.5 Å². The Kier molecular flexibility index (Phi) is 8.08. The zero-order valence-corrected chi connectivity index (χ0v) is 20.2. The Hall–Kier alpha value is -3.74. The van der Waals surface area contributed by atoms with Crippen molar-refractivity contribution in [2.24, 2.45) is 0 Å². The number of amides is 1. The van der Waals surface area contributed by atoms with Crippen LogP contribution >= 0.6 is 11.6 Å². The van der Waals surface area contributed by atoms with E-state index in [1.54, 1.807) is 30.5 Å². The summed E-state index contributed by atoms with van der Waals surface area (Å²) in [5.41, 5.74) is 3.67. The van der Waals surface area contributed by atoms with Crippen LogP contribution in [0.25, 0.3) is 11.3 Å². The predicted octanol–water partition coefficient (Wildman–Crippen LogP) is 5.29. The minimum Gasteiger partial charge on any atom is -0.388 e. The number of nitrogens with one attached hydrogen (secondary N) is 1. The van der Waals surface area contributed by atoms with Gasteiger partial charge in [0.2, 0.25) is 5.95 Å². The number of rotatable bonds is 9. The smallest absolute Gasteiger partial charge is 0.255 e. The molecule has 1 aromatic heterocycles. The molecule has 1 unspecified atom stereocenters. The molecular formula is C28H27ClN4O2. The number of aliphatic hydroxyl groups is 1. The van der Waals surface area contributed by atoms with Crippen molar-refractivity contribution in [2.45, 2.75) is 19.1 Å². The lowest BCUT2D eigenvalue weighted by atomic mass is 10.1. The Morgan fingerprint density at radius 3 is 2.34 bits per heavy atom. The van der Waals surface area contributed by atoms with Crippen molar-refractivity contribution in [1.82, 2.24) is 15.3 Å². The maximum absolute atomic E-state index is 13.1. The molecule has 35 heavy (non-hydrogen) atoms. The van der Waals surface area contributed by atoms with Crippen molar-refractivity contribution in [3.05, 3.63) is 113 Å². The highest BCUT2D eigenvalue weighted by Crippen LogP contribution is 2.24. The van der Waals surface area contributed by atoms with Gasteiger partial charge in [0.15, 0.2) is 0 Å². The van der Waals surface area contributed by atoms with Crippen molar-refractivity contribution in [3.63, 3.8) is 0 Å². The van der Waals surface area contributed by atoms with Crippen molar-refractivity contribution >= 4 is 23.5 Å². The summed E-state index contributed by atoms with van der Waals surface area (Å²) in [6, 6.07) is 26.7. The van der Waals surface area contributed by atoms with Crippen LogP contribution in [0, 0.1) is 0 Å². The highest BCUT2D eigenvalue weighted by molar-refractivity contribution is 6.30. The molecule has 0 saturated heterocycles. The number of halogens is 1. The van der Waals surface area contributed by atoms with Crippen LogP contribution in [-0.2, 0) is 6.54 Å². The minimum absolute atomic E-state index is 0.288. The Balaban J connectivity index is 1.49. The summed E-state index contributed by atoms with van der Waals surface area (Å²) in [4.78, 5) is 24.2. The highest BCUT2D eigenvalue weighted by Gasteiger charge is 2.18. The van der Waals surface area contributed by atoms with Gasteiger partial charge in [0.05, 0.1) is 17.4 Å². The molecule has 7 heteroatoms. The average Bonchev–Trinajstić information content (AvgIpc) is 2.89. The molecule has 2 N–H and O–H groups in total. The van der Waals surface area contributed by atoms with Gasteiger partial charge in [-0.05, 0) is 29.7 Å². The standard InChI is InChI=1S/C28H27ClN4O2/c1-33(19-20-8-4-2-5-9-20)28-31-18-24(26(32-28)22-10-6-3-7-11-22)27(35)30-17-16-25(34)21-12-14-23(29)15-13-21/h2-15,18,25,34H,16-17,19H2,1H3,(H,30,35). The van der Waals surface area contributed by atoms with Crippen LogP contribution in [0.2, 0.25) is 5.02 Å². The van der Waals surface area contributed by atoms with Gasteiger partial charge in [-0.2, -0.15) is 0 Å². The van der Waals surface area contributed by atoms with E-state index in [4.69, 9.17) is 16.6 Å². The van der Waals surface area contributed by atoms with E-state index in [-0.39, 0.29) is 5.91 Å². The Bertz CT molecular complexity index is 1250. The number of aliphatic hydroxyl groups excluding tert-OH is 1. The second-order valence-corrected chi connectivity index (χ2v) is 8.69. The normalized spacial score (nSPS) is 11.6. The van der Waals surface area contributed by atoms with Gasteiger partial charge in [0, 0.05) is 36.9 Å². The molecule has 0 aliphatic rings. The van der Waals surface area contributed by atoms with Gasteiger partial charge < -0.3 is 15.3 Å². The first-order valence-electron chi connectivity index (χ1n) is 11.4. The number of benzene rings is 3. The topological polar surface area (TPSA) is 78.4 Å². The Morgan fingerprint density at radius 1 is 1.00 bits per heavy atom. The number of hydrogen-bond donors (Lipinski definition) is 2. The quantitative estimate of drug-likeness (QED) is 0.336. The molecule has 0 saturated carbocycles. The molecule has 3 aromatic carbocycles. The number of carbonyl (C=O) groups is 1. The van der Waals surface area contributed by atoms with Crippen LogP contribution in [0.5, 0.6) is 0 Å². The van der Waals surface area contributed by atoms with E-state index in [1.165, 1.54) is 0 Å². The summed E-state index contributed by atoms with van der Waals surface area (Å²) in [7, 11) is 1.93. The van der Waals surface area contributed by atoms with Crippen LogP contribution in [0.4, 0.5) is 5.95 Å². The maximum atomic E-state index is 13.1. The average molecular weight is 487 g/mol. The van der Waals surface area contributed by atoms with Crippen LogP contribution in [0.1, 0.15) is 34.0 Å². The fourth-order valence-corrected chi connectivity index (χ4v) is 3.86. The van der Waals surface area contributed by atoms with Crippen LogP contribution in [0.15, 0.2) is 91.1 Å². The first kappa shape index (κ1) is 24.4. The zero-order chi connectivity index (χ0) is 24.6. The third-order valence-electron chi connectivity index (χ3n) is 5.63. The molecule has 4 rings (SSSR count). The summed E-state index contributed by atoms with van der Waals surface area (Å²) >= 11 is 5.91. The molecule has 1 atom stereocenters. The Labute approximate surface area is 210 Å². The molecule has 178 valence electrons. The molecule has 4 aromatic rings. The van der Waals surface area contributed by atoms with Gasteiger partial charge in [-0.25, -0.2) is 9.97 Å². The molecule has 0 radical (unpaired) electrons. The van der Waals surface area contributed by atoms with Gasteiger partial charge in [0.1, 0.15) is 0 Å². The summed E-state index contributed by atoms with van der Waals surface area (Å²) in [6.45, 7) is 0.940. The number of aromatic nitrogens is 2. The van der Waals surface area contributed by atoms with Gasteiger partial charge in [0.25, 0.3) is 5.91 Å². The number of nitrogens with zero attached hydrogens (tertiary/aromatic N) is 3. The van der Waals surface area contributed by atoms with E-state index in [0.29, 0.717) is 41.7 Å². The Morgan fingerprint density at radius 2 is 1.66 bits per heavy atom. The predicted molar refractivity (Wildman–Crippen MR) is 139 cm³/mol. The number of hydrogen-bond acceptors (Lipinski definition) is 5. The molecule has 0 aliphatic heterocycles. The number of carbonyl (C=O) groups excluding carboxylic acids is 1. The van der Waals surface area contributed by atoms with Gasteiger partial charge in [-0.3, -0.25) is 4.79 Å². The van der Waals surface area contributed by atoms with Crippen LogP contribution in [-0.4, -0.2) is 34.6 Å². The lowest BCUT2D eigenvalue weighted by Crippen LogP contribution is -2.27. The largest absolute Gasteiger partial charge is 0.388 e. The summed E-state index contributed by atoms with van der Waals surface area (Å²) in [5.74, 6) is 0.242. The second kappa shape index (κ2) is 11.6. The molecule has 1 amide bonds. The molecule has 6 nitrogen and oxygen atoms in total. The molecule has 0 fully saturated rings. The first-order chi connectivity index (χ1) is 17.0. The van der Waals surface area contributed by atoms with E-state index in [1.807, 2.05) is 60.5 Å². The lowest BCUT2D eigenvalue weighted by molar-refractivity contribution is 0.0942. The van der Waals surface area contributed by atoms with Gasteiger partial charge >= 0.3 is 0 Å². The fourth-order valence-electron chi connectivity index (χ4n) is 3.74. The molecular weight excluding hydrogens is 460 g/mol. The molecule has 0 spiro atoms. The van der Waals surface area contributed by atoms with Crippen molar-refractivity contribution in [3.8, 4) is 11.3 Å². The fraction of sp³-hybridized carbons (Fsp3) is 0.179. The molecule has 0 aliphatic carbocycles. The van der Waals surface area contributed by atoms with E-state index < -0.39 is 6.10 Å². The van der Waals surface area contributed by atoms with Crippen LogP contribution in [0.3, 0.4) is 0 Å². The van der Waals surface area contributed by atoms with E-state index in [9.17, 15) is 9.90 Å². The van der Waals surface area contributed by atoms with Crippen LogP contribution < -0.4 is 10.2 Å². The van der Waals surface area contributed by atoms with Gasteiger partial charge in [-0.1, -0.05) is 84.4 Å². The van der Waals surface area contributed by atoms with E-state index in [2.05, 4.69) is 22.4 Å². The third kappa shape index (κ3) is 6.44. The van der Waals surface area contributed by atoms with Crippen molar-refractivity contribution in [1.29, 1.82) is 0 Å². The summed E-state index contributed by atoms with van der Waals surface area (Å²) in [5, 5.41) is 13.9. The second-order valence-electron chi connectivity index (χ2n) is 8.25. The highest BCUT2D eigenvalue weighted by atomic mass is 35.5. The minimum atomic E-state index is -0.702. The van der Waals surface area contributed by atoms with E-state index in [0.717, 1.165) is 16.7 Å². The molecule has 0 bridgehead atoms. The zero-order valence-electron chi connectivity index (χ0n) is 19.4. The van der Waals surface area contributed by atoms with E-state index >= 15 is 0 Å². The summed E-state index contributed by atoms with van der Waals surface area (Å²) < 4.78 is 0. The van der Waals surface area contributed by atoms with Gasteiger partial charge in [-0.15, -0.1) is 0 Å². The third-order valence-corrected chi connectivity index (χ3v) is 5.88. The molecule has 1 heterocycles. The summed E-state index contributed by atoms with van der Waals surface area (Å²) in [6.07, 6.45) is 1.23.